The molecule has 2 heterocycles. The van der Waals surface area contributed by atoms with Crippen molar-refractivity contribution < 1.29 is 30.7 Å². The highest BCUT2D eigenvalue weighted by Crippen LogP contribution is 2.36. The summed E-state index contributed by atoms with van der Waals surface area (Å²) in [6.45, 7) is 0. The monoisotopic (exact) mass is 490 g/mol. The summed E-state index contributed by atoms with van der Waals surface area (Å²) in [4.78, 5) is 19.2. The summed E-state index contributed by atoms with van der Waals surface area (Å²) in [5, 5.41) is 4.41. The zero-order chi connectivity index (χ0) is 24.5. The second-order valence-electron chi connectivity index (χ2n) is 7.19. The zero-order valence-corrected chi connectivity index (χ0v) is 18.4. The van der Waals surface area contributed by atoms with Gasteiger partial charge in [-0.1, -0.05) is 24.3 Å². The normalized spacial score (nSPS) is 11.7. The minimum Gasteiger partial charge on any atom is -0.350 e. The molecule has 0 aliphatic carbocycles. The minimum absolute atomic E-state index is 0.101. The molecule has 0 saturated heterocycles. The van der Waals surface area contributed by atoms with Gasteiger partial charge in [-0.15, -0.1) is 0 Å². The number of carbonyl (C=O) groups excluding carboxylic acids is 1. The Kier molecular flexibility index (Phi) is 6.26. The smallest absolute Gasteiger partial charge is 0.350 e. The molecule has 0 atom stereocenters. The van der Waals surface area contributed by atoms with Gasteiger partial charge in [0.05, 0.1) is 5.69 Å². The molecule has 0 unspecified atom stereocenters. The number of fused-ring (bicyclic) bond motifs is 1. The number of pyridine rings is 1. The van der Waals surface area contributed by atoms with E-state index in [-0.39, 0.29) is 16.8 Å². The number of hydrogen-bond acceptors (Lipinski definition) is 6. The first-order valence-electron chi connectivity index (χ1n) is 9.75. The molecule has 34 heavy (non-hydrogen) atoms. The quantitative estimate of drug-likeness (QED) is 0.274. The number of nitrogens with one attached hydrogen (secondary N) is 2. The van der Waals surface area contributed by atoms with Crippen LogP contribution in [0.15, 0.2) is 66.9 Å². The van der Waals surface area contributed by atoms with Crippen molar-refractivity contribution in [3.05, 3.63) is 78.2 Å². The average Bonchev–Trinajstić information content (AvgIpc) is 3.22. The molecule has 176 valence electrons. The highest BCUT2D eigenvalue weighted by atomic mass is 32.2. The van der Waals surface area contributed by atoms with Crippen LogP contribution in [0, 0.1) is 0 Å². The third-order valence-corrected chi connectivity index (χ3v) is 5.29. The van der Waals surface area contributed by atoms with Crippen LogP contribution in [0.1, 0.15) is 16.2 Å². The number of amides is 1. The lowest BCUT2D eigenvalue weighted by Crippen LogP contribution is -2.16. The van der Waals surface area contributed by atoms with Gasteiger partial charge < -0.3 is 10.3 Å². The van der Waals surface area contributed by atoms with Crippen LogP contribution in [0.3, 0.4) is 0 Å². The van der Waals surface area contributed by atoms with Gasteiger partial charge in [0.1, 0.15) is 5.69 Å². The lowest BCUT2D eigenvalue weighted by Gasteiger charge is -2.13. The van der Waals surface area contributed by atoms with Gasteiger partial charge in [-0.2, -0.15) is 17.5 Å². The maximum absolute atomic E-state index is 13.3. The van der Waals surface area contributed by atoms with E-state index in [0.29, 0.717) is 22.3 Å². The predicted octanol–water partition coefficient (Wildman–Crippen LogP) is 4.40. The minimum atomic E-state index is -4.62. The first kappa shape index (κ1) is 23.3. The number of halogens is 3. The van der Waals surface area contributed by atoms with E-state index < -0.39 is 28.8 Å². The SMILES string of the molecule is CN(O[SH](=O)=O)c1ccc2cc(C(=O)Nc3cccc(-c4cccnc4C(F)(F)F)c3)[nH]c2c1. The van der Waals surface area contributed by atoms with Crippen LogP contribution >= 0.6 is 0 Å². The Bertz CT molecular complexity index is 1440. The standard InChI is InChI=1S/C22H17F3N4O4S/c1-29(33-34(31)32)16-8-7-14-11-19(28-18(14)12-16)21(30)27-15-5-2-4-13(10-15)17-6-3-9-26-20(17)22(23,24)25/h2-12,28,34H,1H3,(H,27,30). The van der Waals surface area contributed by atoms with Crippen molar-refractivity contribution in [1.82, 2.24) is 9.97 Å². The van der Waals surface area contributed by atoms with E-state index in [1.807, 2.05) is 0 Å². The highest BCUT2D eigenvalue weighted by Gasteiger charge is 2.35. The molecule has 0 aliphatic rings. The number of thiol groups is 1. The number of H-pyrrole nitrogens is 1. The third kappa shape index (κ3) is 5.02. The van der Waals surface area contributed by atoms with Crippen LogP contribution in [0.4, 0.5) is 24.5 Å². The maximum Gasteiger partial charge on any atom is 0.433 e. The molecule has 4 aromatic rings. The van der Waals surface area contributed by atoms with Crippen molar-refractivity contribution in [3.8, 4) is 11.1 Å². The summed E-state index contributed by atoms with van der Waals surface area (Å²) in [5.41, 5.74) is 0.623. The van der Waals surface area contributed by atoms with E-state index in [9.17, 15) is 26.4 Å². The van der Waals surface area contributed by atoms with Gasteiger partial charge in [-0.05, 0) is 42.0 Å². The molecule has 4 rings (SSSR count). The maximum atomic E-state index is 13.3. The lowest BCUT2D eigenvalue weighted by molar-refractivity contribution is -0.140. The number of benzene rings is 2. The van der Waals surface area contributed by atoms with Crippen molar-refractivity contribution >= 4 is 39.2 Å². The molecule has 0 spiro atoms. The van der Waals surface area contributed by atoms with Gasteiger partial charge in [0.2, 0.25) is 0 Å². The number of alkyl halides is 3. The fourth-order valence-corrected chi connectivity index (χ4v) is 3.70. The molecule has 12 heteroatoms. The van der Waals surface area contributed by atoms with Crippen molar-refractivity contribution in [2.24, 2.45) is 0 Å². The summed E-state index contributed by atoms with van der Waals surface area (Å²) in [5.74, 6) is -0.510. The topological polar surface area (TPSA) is 104 Å². The highest BCUT2D eigenvalue weighted by molar-refractivity contribution is 7.67. The first-order valence-corrected chi connectivity index (χ1v) is 10.8. The molecule has 2 aromatic carbocycles. The second-order valence-corrected chi connectivity index (χ2v) is 7.80. The Hall–Kier alpha value is -3.90. The van der Waals surface area contributed by atoms with Crippen molar-refractivity contribution in [3.63, 3.8) is 0 Å². The first-order chi connectivity index (χ1) is 16.1. The summed E-state index contributed by atoms with van der Waals surface area (Å²) in [6, 6.07) is 15.2. The zero-order valence-electron chi connectivity index (χ0n) is 17.5. The molecule has 0 saturated carbocycles. The van der Waals surface area contributed by atoms with Crippen LogP contribution in [0.5, 0.6) is 0 Å². The number of aromatic nitrogens is 2. The summed E-state index contributed by atoms with van der Waals surface area (Å²) < 4.78 is 66.1. The molecule has 0 fully saturated rings. The van der Waals surface area contributed by atoms with E-state index in [0.717, 1.165) is 11.3 Å². The molecule has 1 amide bonds. The fourth-order valence-electron chi connectivity index (χ4n) is 3.41. The van der Waals surface area contributed by atoms with Crippen LogP contribution in [0.2, 0.25) is 0 Å². The number of anilines is 2. The lowest BCUT2D eigenvalue weighted by atomic mass is 10.0. The van der Waals surface area contributed by atoms with Crippen molar-refractivity contribution in [2.45, 2.75) is 6.18 Å². The molecule has 2 aromatic heterocycles. The molecule has 0 bridgehead atoms. The number of hydrogen-bond donors (Lipinski definition) is 3. The van der Waals surface area contributed by atoms with Gasteiger partial charge in [-0.3, -0.25) is 9.78 Å². The van der Waals surface area contributed by atoms with Gasteiger partial charge in [0.15, 0.2) is 5.69 Å². The molecule has 0 radical (unpaired) electrons. The Morgan fingerprint density at radius 2 is 1.88 bits per heavy atom. The summed E-state index contributed by atoms with van der Waals surface area (Å²) >= 11 is 0. The van der Waals surface area contributed by atoms with E-state index in [4.69, 9.17) is 0 Å². The average molecular weight is 490 g/mol. The van der Waals surface area contributed by atoms with Gasteiger partial charge in [-0.25, -0.2) is 13.5 Å². The van der Waals surface area contributed by atoms with Gasteiger partial charge in [0, 0.05) is 35.4 Å². The molecular formula is C22H17F3N4O4S. The van der Waals surface area contributed by atoms with Crippen LogP contribution in [-0.2, 0) is 21.4 Å². The van der Waals surface area contributed by atoms with E-state index in [1.165, 1.54) is 37.4 Å². The predicted molar refractivity (Wildman–Crippen MR) is 121 cm³/mol. The molecule has 0 aliphatic heterocycles. The van der Waals surface area contributed by atoms with Crippen molar-refractivity contribution in [1.29, 1.82) is 0 Å². The number of nitrogens with zero attached hydrogens (tertiary/aromatic N) is 2. The molecule has 2 N–H and O–H groups in total. The summed E-state index contributed by atoms with van der Waals surface area (Å²) in [7, 11) is -1.66. The second kappa shape index (κ2) is 9.15. The van der Waals surface area contributed by atoms with Crippen molar-refractivity contribution in [2.75, 3.05) is 17.4 Å². The van der Waals surface area contributed by atoms with Gasteiger partial charge >= 0.3 is 6.18 Å². The number of hydroxylamine groups is 1. The molecular weight excluding hydrogens is 473 g/mol. The van der Waals surface area contributed by atoms with Crippen LogP contribution in [0.25, 0.3) is 22.0 Å². The Labute approximate surface area is 193 Å². The third-order valence-electron chi connectivity index (χ3n) is 4.91. The molecule has 8 nitrogen and oxygen atoms in total. The Morgan fingerprint density at radius 1 is 1.09 bits per heavy atom. The largest absolute Gasteiger partial charge is 0.433 e. The fraction of sp³-hybridized carbons (Fsp3) is 0.0909. The van der Waals surface area contributed by atoms with E-state index in [1.54, 1.807) is 30.3 Å². The van der Waals surface area contributed by atoms with E-state index in [2.05, 4.69) is 19.6 Å². The Morgan fingerprint density at radius 3 is 2.62 bits per heavy atom. The number of aromatic amines is 1. The van der Waals surface area contributed by atoms with Gasteiger partial charge in [0.25, 0.3) is 16.9 Å². The van der Waals surface area contributed by atoms with Crippen LogP contribution < -0.4 is 10.4 Å². The Balaban J connectivity index is 1.58. The van der Waals surface area contributed by atoms with Crippen LogP contribution in [-0.4, -0.2) is 31.3 Å². The summed E-state index contributed by atoms with van der Waals surface area (Å²) in [6.07, 6.45) is -3.55. The van der Waals surface area contributed by atoms with E-state index >= 15 is 0 Å². The number of carbonyl (C=O) groups is 1. The number of rotatable bonds is 6.